The molecule has 6 N–H and O–H groups in total. The Morgan fingerprint density at radius 3 is 2.36 bits per heavy atom. The van der Waals surface area contributed by atoms with Crippen LogP contribution in [-0.4, -0.2) is 83.6 Å². The Labute approximate surface area is 297 Å². The fourth-order valence-electron chi connectivity index (χ4n) is 12.8. The van der Waals surface area contributed by atoms with Crippen LogP contribution in [-0.2, 0) is 16.1 Å². The van der Waals surface area contributed by atoms with Gasteiger partial charge in [0.2, 0.25) is 5.91 Å². The fraction of sp³-hybridized carbons (Fsp3) is 0.872. The predicted molar refractivity (Wildman–Crippen MR) is 186 cm³/mol. The van der Waals surface area contributed by atoms with Crippen molar-refractivity contribution < 1.29 is 35.1 Å². The number of aliphatic hydroxyl groups is 5. The maximum Gasteiger partial charge on any atom is 0.227 e. The summed E-state index contributed by atoms with van der Waals surface area (Å²) in [6.45, 7) is 16.6. The van der Waals surface area contributed by atoms with E-state index in [-0.39, 0.29) is 51.5 Å². The third kappa shape index (κ3) is 5.14. The molecule has 0 radical (unpaired) electrons. The van der Waals surface area contributed by atoms with Crippen molar-refractivity contribution >= 4 is 5.91 Å². The molecule has 1 aromatic heterocycles. The van der Waals surface area contributed by atoms with Gasteiger partial charge in [0.25, 0.3) is 0 Å². The number of carbonyl (C=O) groups excluding carboxylic acids is 1. The molecule has 1 aliphatic heterocycles. The molecular weight excluding hydrogens is 636 g/mol. The van der Waals surface area contributed by atoms with Crippen LogP contribution in [0.3, 0.4) is 0 Å². The molecule has 4 saturated carbocycles. The van der Waals surface area contributed by atoms with Crippen molar-refractivity contribution in [2.45, 2.75) is 156 Å². The highest BCUT2D eigenvalue weighted by Gasteiger charge is 2.69. The minimum Gasteiger partial charge on any atom is -0.394 e. The minimum atomic E-state index is -1.52. The van der Waals surface area contributed by atoms with Gasteiger partial charge in [-0.1, -0.05) is 65.3 Å². The van der Waals surface area contributed by atoms with E-state index in [9.17, 15) is 30.3 Å². The normalized spacial score (nSPS) is 47.9. The van der Waals surface area contributed by atoms with Gasteiger partial charge >= 0.3 is 0 Å². The molecule has 1 aromatic rings. The highest BCUT2D eigenvalue weighted by atomic mass is 16.6. The number of allylic oxidation sites excluding steroid dienone is 2. The SMILES string of the molecule is CC1(C)CC[C@]2(C(=O)NCc3cn([C@@H]4O[C@H](CO)[C@@H](O)[C@H](O)[C@H]4O)nn3)CC[C@]3(C)C(=CC[C@@H]4[C@@]5(C)CC[C@H](O)C(C)(C)[C@@H]5CC[C@]43C)[C@@H]2C1. The van der Waals surface area contributed by atoms with E-state index >= 15 is 0 Å². The van der Waals surface area contributed by atoms with Gasteiger partial charge in [-0.05, 0) is 109 Å². The summed E-state index contributed by atoms with van der Waals surface area (Å²) in [6.07, 6.45) is 7.17. The van der Waals surface area contributed by atoms with Crippen LogP contribution in [0.5, 0.6) is 0 Å². The van der Waals surface area contributed by atoms with Gasteiger partial charge in [-0.2, -0.15) is 0 Å². The molecule has 2 heterocycles. The Morgan fingerprint density at radius 1 is 0.920 bits per heavy atom. The molecule has 0 aromatic carbocycles. The van der Waals surface area contributed by atoms with E-state index in [1.807, 2.05) is 0 Å². The molecule has 0 spiro atoms. The second-order valence-corrected chi connectivity index (χ2v) is 19.3. The van der Waals surface area contributed by atoms with Crippen molar-refractivity contribution in [3.63, 3.8) is 0 Å². The summed E-state index contributed by atoms with van der Waals surface area (Å²) in [7, 11) is 0. The Kier molecular flexibility index (Phi) is 8.80. The summed E-state index contributed by atoms with van der Waals surface area (Å²) < 4.78 is 6.91. The maximum atomic E-state index is 14.6. The van der Waals surface area contributed by atoms with Gasteiger partial charge in [-0.3, -0.25) is 4.79 Å². The van der Waals surface area contributed by atoms with E-state index in [1.165, 1.54) is 10.3 Å². The number of fused-ring (bicyclic) bond motifs is 7. The summed E-state index contributed by atoms with van der Waals surface area (Å²) in [6, 6.07) is 0. The Morgan fingerprint density at radius 2 is 1.64 bits per heavy atom. The van der Waals surface area contributed by atoms with Crippen molar-refractivity contribution in [1.82, 2.24) is 20.3 Å². The molecule has 7 rings (SSSR count). The number of hydrogen-bond donors (Lipinski definition) is 6. The molecule has 5 fully saturated rings. The lowest BCUT2D eigenvalue weighted by atomic mass is 9.33. The third-order valence-corrected chi connectivity index (χ3v) is 16.2. The molecule has 6 aliphatic rings. The molecule has 13 atom stereocenters. The molecule has 1 saturated heterocycles. The minimum absolute atomic E-state index is 0.0000666. The zero-order chi connectivity index (χ0) is 36.2. The predicted octanol–water partition coefficient (Wildman–Crippen LogP) is 4.03. The number of carbonyl (C=O) groups is 1. The van der Waals surface area contributed by atoms with Crippen LogP contribution in [0.2, 0.25) is 0 Å². The second-order valence-electron chi connectivity index (χ2n) is 19.3. The summed E-state index contributed by atoms with van der Waals surface area (Å²) in [5.41, 5.74) is 1.82. The lowest BCUT2D eigenvalue weighted by Crippen LogP contribution is -2.65. The molecule has 0 bridgehead atoms. The second kappa shape index (κ2) is 12.1. The number of rotatable bonds is 5. The standard InChI is InChI=1S/C39H62N4O7/c1-34(2)14-16-39(33(49)40-19-22-20-43(42-41-22)32-31(48)30(47)29(46)25(21-44)50-32)17-15-37(6)23(24(39)18-34)8-9-27-36(5)12-11-28(45)35(3,4)26(36)10-13-38(27,37)7/h8,20,24-32,44-48H,9-19,21H2,1-7H3,(H,40,49)/t24-,25+,26-,27+,28-,29+,30-,31+,32+,36-,37+,38+,39-/m0/s1. The van der Waals surface area contributed by atoms with Gasteiger partial charge in [0, 0.05) is 0 Å². The van der Waals surface area contributed by atoms with Crippen molar-refractivity contribution in [1.29, 1.82) is 0 Å². The van der Waals surface area contributed by atoms with Crippen LogP contribution in [0, 0.1) is 50.2 Å². The van der Waals surface area contributed by atoms with Crippen LogP contribution in [0.1, 0.15) is 125 Å². The first-order valence-electron chi connectivity index (χ1n) is 19.2. The number of hydrogen-bond acceptors (Lipinski definition) is 9. The molecule has 0 unspecified atom stereocenters. The number of ether oxygens (including phenoxy) is 1. The van der Waals surface area contributed by atoms with Gasteiger partial charge in [-0.15, -0.1) is 5.10 Å². The van der Waals surface area contributed by atoms with Gasteiger partial charge in [-0.25, -0.2) is 4.68 Å². The Balaban J connectivity index is 1.14. The topological polar surface area (TPSA) is 170 Å². The Bertz CT molecular complexity index is 1510. The van der Waals surface area contributed by atoms with E-state index < -0.39 is 42.7 Å². The fourth-order valence-corrected chi connectivity index (χ4v) is 12.8. The largest absolute Gasteiger partial charge is 0.394 e. The summed E-state index contributed by atoms with van der Waals surface area (Å²) in [5, 5.41) is 63.2. The van der Waals surface area contributed by atoms with E-state index in [2.05, 4.69) is 70.2 Å². The first-order valence-corrected chi connectivity index (χ1v) is 19.2. The lowest BCUT2D eigenvalue weighted by molar-refractivity contribution is -0.254. The van der Waals surface area contributed by atoms with Gasteiger partial charge in [0.1, 0.15) is 30.1 Å². The van der Waals surface area contributed by atoms with Crippen molar-refractivity contribution in [3.8, 4) is 0 Å². The molecular formula is C39H62N4O7. The summed E-state index contributed by atoms with van der Waals surface area (Å²) >= 11 is 0. The molecule has 1 amide bonds. The van der Waals surface area contributed by atoms with E-state index in [0.717, 1.165) is 64.2 Å². The number of aromatic nitrogens is 3. The molecule has 11 nitrogen and oxygen atoms in total. The highest BCUT2D eigenvalue weighted by molar-refractivity contribution is 5.84. The highest BCUT2D eigenvalue weighted by Crippen LogP contribution is 2.75. The molecule has 280 valence electrons. The average Bonchev–Trinajstić information content (AvgIpc) is 3.53. The van der Waals surface area contributed by atoms with E-state index in [1.54, 1.807) is 6.20 Å². The zero-order valence-electron chi connectivity index (χ0n) is 31.2. The van der Waals surface area contributed by atoms with E-state index in [0.29, 0.717) is 17.5 Å². The van der Waals surface area contributed by atoms with Gasteiger partial charge in [0.05, 0.1) is 30.9 Å². The van der Waals surface area contributed by atoms with Gasteiger partial charge in [0.15, 0.2) is 6.23 Å². The number of nitrogens with one attached hydrogen (secondary N) is 1. The molecule has 50 heavy (non-hydrogen) atoms. The van der Waals surface area contributed by atoms with E-state index in [4.69, 9.17) is 4.74 Å². The van der Waals surface area contributed by atoms with Crippen LogP contribution in [0.4, 0.5) is 0 Å². The lowest BCUT2D eigenvalue weighted by Gasteiger charge is -2.71. The summed E-state index contributed by atoms with van der Waals surface area (Å²) in [4.78, 5) is 14.6. The van der Waals surface area contributed by atoms with Crippen LogP contribution >= 0.6 is 0 Å². The van der Waals surface area contributed by atoms with Crippen molar-refractivity contribution in [2.75, 3.05) is 6.61 Å². The molecule has 5 aliphatic carbocycles. The van der Waals surface area contributed by atoms with Gasteiger partial charge < -0.3 is 35.6 Å². The molecule has 11 heteroatoms. The smallest absolute Gasteiger partial charge is 0.227 e. The van der Waals surface area contributed by atoms with Crippen molar-refractivity contribution in [3.05, 3.63) is 23.5 Å². The Hall–Kier alpha value is -1.89. The quantitative estimate of drug-likeness (QED) is 0.249. The monoisotopic (exact) mass is 698 g/mol. The van der Waals surface area contributed by atoms with Crippen LogP contribution in [0.25, 0.3) is 0 Å². The number of amides is 1. The van der Waals surface area contributed by atoms with Crippen LogP contribution < -0.4 is 5.32 Å². The number of aliphatic hydroxyl groups excluding tert-OH is 5. The first-order chi connectivity index (χ1) is 23.3. The van der Waals surface area contributed by atoms with Crippen molar-refractivity contribution in [2.24, 2.45) is 50.2 Å². The maximum absolute atomic E-state index is 14.6. The number of nitrogens with zero attached hydrogens (tertiary/aromatic N) is 3. The van der Waals surface area contributed by atoms with Crippen LogP contribution in [0.15, 0.2) is 17.8 Å². The zero-order valence-corrected chi connectivity index (χ0v) is 31.2. The first kappa shape index (κ1) is 36.5. The average molecular weight is 699 g/mol. The third-order valence-electron chi connectivity index (χ3n) is 16.2. The summed E-state index contributed by atoms with van der Waals surface area (Å²) in [5.74, 6) is 1.26.